The van der Waals surface area contributed by atoms with Crippen LogP contribution in [0, 0.1) is 10.1 Å². The van der Waals surface area contributed by atoms with Gasteiger partial charge in [-0.3, -0.25) is 15.5 Å². The molecule has 0 aromatic heterocycles. The Morgan fingerprint density at radius 3 is 2.44 bits per heavy atom. The molecule has 48 heavy (non-hydrogen) atoms. The Bertz CT molecular complexity index is 1690. The minimum atomic E-state index is -1.19. The fourth-order valence-corrected chi connectivity index (χ4v) is 4.73. The monoisotopic (exact) mass is 663 g/mol. The quantitative estimate of drug-likeness (QED) is 0.0567. The van der Waals surface area contributed by atoms with Crippen molar-refractivity contribution in [3.8, 4) is 23.0 Å². The zero-order valence-electron chi connectivity index (χ0n) is 26.8. The first-order valence-electron chi connectivity index (χ1n) is 15.0. The topological polar surface area (TPSA) is 192 Å². The summed E-state index contributed by atoms with van der Waals surface area (Å²) in [6, 6.07) is 15.0. The molecule has 1 heterocycles. The second-order valence-electron chi connectivity index (χ2n) is 10.3. The van der Waals surface area contributed by atoms with E-state index in [4.69, 9.17) is 23.7 Å². The third-order valence-electron chi connectivity index (χ3n) is 6.89. The molecule has 0 saturated carbocycles. The summed E-state index contributed by atoms with van der Waals surface area (Å²) >= 11 is 0. The molecular weight excluding hydrogens is 626 g/mol. The van der Waals surface area contributed by atoms with Gasteiger partial charge in [0.15, 0.2) is 29.2 Å². The number of hydrogen-bond acceptors (Lipinski definition) is 12. The Hall–Kier alpha value is -5.83. The molecule has 254 valence electrons. The van der Waals surface area contributed by atoms with Crippen LogP contribution in [0.2, 0.25) is 0 Å². The molecule has 0 fully saturated rings. The Kier molecular flexibility index (Phi) is 12.2. The number of allylic oxidation sites excluding steroid dienone is 1. The molecule has 0 spiro atoms. The summed E-state index contributed by atoms with van der Waals surface area (Å²) in [7, 11) is 1.26. The summed E-state index contributed by atoms with van der Waals surface area (Å²) in [6.45, 7) is 5.84. The highest BCUT2D eigenvalue weighted by Gasteiger charge is 2.32. The molecule has 2 atom stereocenters. The zero-order chi connectivity index (χ0) is 34.6. The van der Waals surface area contributed by atoms with Gasteiger partial charge in [0, 0.05) is 17.8 Å². The van der Waals surface area contributed by atoms with E-state index in [1.54, 1.807) is 62.4 Å². The van der Waals surface area contributed by atoms with Crippen LogP contribution in [-0.2, 0) is 16.1 Å². The van der Waals surface area contributed by atoms with E-state index in [1.165, 1.54) is 25.5 Å². The maximum atomic E-state index is 12.5. The van der Waals surface area contributed by atoms with E-state index in [2.05, 4.69) is 21.2 Å². The number of ether oxygens (including phenoxy) is 5. The number of nitro benzene ring substituents is 1. The van der Waals surface area contributed by atoms with E-state index in [0.717, 1.165) is 0 Å². The third-order valence-corrected chi connectivity index (χ3v) is 6.89. The number of benzene rings is 3. The summed E-state index contributed by atoms with van der Waals surface area (Å²) in [5, 5.41) is 30.9. The van der Waals surface area contributed by atoms with Crippen LogP contribution in [0.3, 0.4) is 0 Å². The van der Waals surface area contributed by atoms with Crippen molar-refractivity contribution in [1.29, 1.82) is 0 Å². The lowest BCUT2D eigenvalue weighted by molar-refractivity contribution is -0.384. The Balaban J connectivity index is 1.37. The number of rotatable bonds is 16. The SMILES string of the molecule is CCOc1cc(/C=N\N[C@@H](O)COc2ccc([C@H]3NC(=O)NC(C)=C3C(=O)OC)cc2OCC)ccc1OCc1cccc([N+](=O)[O-])c1. The van der Waals surface area contributed by atoms with Gasteiger partial charge in [-0.1, -0.05) is 18.2 Å². The van der Waals surface area contributed by atoms with Gasteiger partial charge in [-0.15, -0.1) is 0 Å². The number of amides is 2. The minimum absolute atomic E-state index is 0.0207. The second-order valence-corrected chi connectivity index (χ2v) is 10.3. The molecule has 0 aliphatic carbocycles. The molecular formula is C33H37N5O10. The van der Waals surface area contributed by atoms with Crippen molar-refractivity contribution in [3.05, 3.63) is 98.7 Å². The lowest BCUT2D eigenvalue weighted by Crippen LogP contribution is -2.45. The molecule has 0 radical (unpaired) electrons. The van der Waals surface area contributed by atoms with Gasteiger partial charge in [0.05, 0.1) is 43.1 Å². The van der Waals surface area contributed by atoms with E-state index in [9.17, 15) is 24.8 Å². The number of methoxy groups -OCH3 is 1. The molecule has 3 aromatic rings. The molecule has 15 nitrogen and oxygen atoms in total. The van der Waals surface area contributed by atoms with Gasteiger partial charge < -0.3 is 39.4 Å². The van der Waals surface area contributed by atoms with Crippen molar-refractivity contribution >= 4 is 23.9 Å². The van der Waals surface area contributed by atoms with Gasteiger partial charge >= 0.3 is 12.0 Å². The van der Waals surface area contributed by atoms with E-state index < -0.39 is 29.2 Å². The first-order chi connectivity index (χ1) is 23.1. The van der Waals surface area contributed by atoms with Gasteiger partial charge in [0.1, 0.15) is 13.2 Å². The second kappa shape index (κ2) is 16.6. The van der Waals surface area contributed by atoms with Crippen LogP contribution in [0.25, 0.3) is 0 Å². The Morgan fingerprint density at radius 2 is 1.73 bits per heavy atom. The number of urea groups is 1. The predicted molar refractivity (Wildman–Crippen MR) is 174 cm³/mol. The molecule has 0 unspecified atom stereocenters. The largest absolute Gasteiger partial charge is 0.490 e. The summed E-state index contributed by atoms with van der Waals surface area (Å²) in [5.74, 6) is 0.989. The first-order valence-corrected chi connectivity index (χ1v) is 15.0. The van der Waals surface area contributed by atoms with Crippen LogP contribution in [0.15, 0.2) is 77.0 Å². The third kappa shape index (κ3) is 9.13. The number of nitro groups is 1. The number of hydrogen-bond donors (Lipinski definition) is 4. The van der Waals surface area contributed by atoms with Crippen molar-refractivity contribution in [2.75, 3.05) is 26.9 Å². The van der Waals surface area contributed by atoms with Crippen LogP contribution in [0.1, 0.15) is 43.5 Å². The molecule has 1 aliphatic heterocycles. The summed E-state index contributed by atoms with van der Waals surface area (Å²) < 4.78 is 28.0. The first kappa shape index (κ1) is 35.0. The van der Waals surface area contributed by atoms with Gasteiger partial charge in [-0.05, 0) is 67.8 Å². The lowest BCUT2D eigenvalue weighted by Gasteiger charge is -2.28. The number of nitrogens with zero attached hydrogens (tertiary/aromatic N) is 2. The molecule has 3 aromatic carbocycles. The summed E-state index contributed by atoms with van der Waals surface area (Å²) in [4.78, 5) is 35.2. The smallest absolute Gasteiger partial charge is 0.337 e. The zero-order valence-corrected chi connectivity index (χ0v) is 26.8. The van der Waals surface area contributed by atoms with Crippen molar-refractivity contribution in [1.82, 2.24) is 16.1 Å². The fraction of sp³-hybridized carbons (Fsp3) is 0.303. The molecule has 0 saturated heterocycles. The van der Waals surface area contributed by atoms with E-state index in [-0.39, 0.29) is 24.5 Å². The maximum absolute atomic E-state index is 12.5. The average molecular weight is 664 g/mol. The summed E-state index contributed by atoms with van der Waals surface area (Å²) in [5.41, 5.74) is 5.05. The highest BCUT2D eigenvalue weighted by molar-refractivity contribution is 5.95. The number of aliphatic hydroxyl groups excluding tert-OH is 1. The predicted octanol–water partition coefficient (Wildman–Crippen LogP) is 4.09. The van der Waals surface area contributed by atoms with E-state index >= 15 is 0 Å². The number of esters is 1. The highest BCUT2D eigenvalue weighted by atomic mass is 16.6. The number of aliphatic hydroxyl groups is 1. The highest BCUT2D eigenvalue weighted by Crippen LogP contribution is 2.35. The van der Waals surface area contributed by atoms with Crippen LogP contribution in [-0.4, -0.2) is 61.4 Å². The Morgan fingerprint density at radius 1 is 1.02 bits per heavy atom. The minimum Gasteiger partial charge on any atom is -0.490 e. The number of nitrogens with one attached hydrogen (secondary N) is 3. The van der Waals surface area contributed by atoms with Crippen LogP contribution < -0.4 is 35.0 Å². The van der Waals surface area contributed by atoms with Gasteiger partial charge in [0.2, 0.25) is 0 Å². The van der Waals surface area contributed by atoms with Gasteiger partial charge in [0.25, 0.3) is 5.69 Å². The van der Waals surface area contributed by atoms with Crippen LogP contribution >= 0.6 is 0 Å². The van der Waals surface area contributed by atoms with Crippen molar-refractivity contribution in [2.24, 2.45) is 5.10 Å². The van der Waals surface area contributed by atoms with Gasteiger partial charge in [-0.2, -0.15) is 5.10 Å². The van der Waals surface area contributed by atoms with E-state index in [0.29, 0.717) is 58.6 Å². The fourth-order valence-electron chi connectivity index (χ4n) is 4.73. The number of carbonyl (C=O) groups excluding carboxylic acids is 2. The molecule has 4 N–H and O–H groups in total. The van der Waals surface area contributed by atoms with Crippen molar-refractivity contribution in [2.45, 2.75) is 39.6 Å². The molecule has 15 heteroatoms. The summed E-state index contributed by atoms with van der Waals surface area (Å²) in [6.07, 6.45) is 0.289. The van der Waals surface area contributed by atoms with Crippen LogP contribution in [0.5, 0.6) is 23.0 Å². The molecule has 1 aliphatic rings. The number of hydrazone groups is 1. The molecule has 2 amide bonds. The number of carbonyl (C=O) groups is 2. The standard InChI is InChI=1S/C33H37N5O10/c1-5-45-27-15-21(10-12-25(27)47-18-22-8-7-9-24(14-22)38(42)43)17-34-37-29(39)19-48-26-13-11-23(16-28(26)46-6-2)31-30(32(40)44-4)20(3)35-33(41)36-31/h7-17,29,31,37,39H,5-6,18-19H2,1-4H3,(H2,35,36,41)/b34-17-/t29-,31+/m0/s1. The molecule has 4 rings (SSSR count). The normalized spacial score (nSPS) is 14.9. The Labute approximate surface area is 276 Å². The van der Waals surface area contributed by atoms with Crippen molar-refractivity contribution in [3.63, 3.8) is 0 Å². The number of non-ortho nitro benzene ring substituents is 1. The van der Waals surface area contributed by atoms with Gasteiger partial charge in [-0.25, -0.2) is 9.59 Å². The van der Waals surface area contributed by atoms with E-state index in [1.807, 2.05) is 6.92 Å². The van der Waals surface area contributed by atoms with Crippen LogP contribution in [0.4, 0.5) is 10.5 Å². The average Bonchev–Trinajstić information content (AvgIpc) is 3.07. The molecule has 0 bridgehead atoms. The lowest BCUT2D eigenvalue weighted by atomic mass is 9.95. The van der Waals surface area contributed by atoms with Crippen molar-refractivity contribution < 1.29 is 43.3 Å². The maximum Gasteiger partial charge on any atom is 0.337 e.